The fourth-order valence-electron chi connectivity index (χ4n) is 3.37. The maximum Gasteiger partial charge on any atom is 0.261 e. The molecule has 0 fully saturated rings. The van der Waals surface area contributed by atoms with E-state index in [-0.39, 0.29) is 17.2 Å². The molecule has 2 aromatic rings. The van der Waals surface area contributed by atoms with Crippen LogP contribution in [0.15, 0.2) is 41.3 Å². The molecule has 0 radical (unpaired) electrons. The van der Waals surface area contributed by atoms with E-state index in [1.165, 1.54) is 16.4 Å². The van der Waals surface area contributed by atoms with Crippen LogP contribution in [0.3, 0.4) is 0 Å². The van der Waals surface area contributed by atoms with Gasteiger partial charge in [-0.3, -0.25) is 13.8 Å². The van der Waals surface area contributed by atoms with Crippen molar-refractivity contribution in [2.75, 3.05) is 27.1 Å². The Morgan fingerprint density at radius 2 is 1.81 bits per heavy atom. The van der Waals surface area contributed by atoms with Gasteiger partial charge in [0.05, 0.1) is 23.3 Å². The first-order chi connectivity index (χ1) is 12.6. The minimum atomic E-state index is -3.83. The molecule has 0 aliphatic carbocycles. The van der Waals surface area contributed by atoms with Crippen LogP contribution in [0.25, 0.3) is 0 Å². The zero-order valence-electron chi connectivity index (χ0n) is 14.4. The van der Waals surface area contributed by atoms with Crippen molar-refractivity contribution in [1.82, 2.24) is 0 Å². The second kappa shape index (κ2) is 5.96. The first kappa shape index (κ1) is 17.8. The Hall–Kier alpha value is -2.59. The van der Waals surface area contributed by atoms with Gasteiger partial charge in [0.1, 0.15) is 0 Å². The molecule has 0 bridgehead atoms. The Morgan fingerprint density at radius 1 is 1.04 bits per heavy atom. The SMILES string of the molecule is CS(=O)(=O)N1CCc2cc(NS(=O)(=O)c3ccc4c(c3)CC(=O)N4)ccc21. The quantitative estimate of drug-likeness (QED) is 0.793. The maximum atomic E-state index is 12.7. The number of sulfonamides is 2. The van der Waals surface area contributed by atoms with Crippen molar-refractivity contribution in [3.8, 4) is 0 Å². The van der Waals surface area contributed by atoms with Crippen LogP contribution >= 0.6 is 0 Å². The van der Waals surface area contributed by atoms with Crippen LogP contribution < -0.4 is 14.3 Å². The monoisotopic (exact) mass is 407 g/mol. The Labute approximate surface area is 157 Å². The van der Waals surface area contributed by atoms with Crippen LogP contribution in [0.1, 0.15) is 11.1 Å². The van der Waals surface area contributed by atoms with Crippen molar-refractivity contribution in [2.45, 2.75) is 17.7 Å². The van der Waals surface area contributed by atoms with E-state index in [4.69, 9.17) is 0 Å². The number of fused-ring (bicyclic) bond motifs is 2. The van der Waals surface area contributed by atoms with Crippen LogP contribution in [0, 0.1) is 0 Å². The minimum absolute atomic E-state index is 0.0658. The summed E-state index contributed by atoms with van der Waals surface area (Å²) in [6.07, 6.45) is 1.82. The molecule has 0 atom stereocenters. The highest BCUT2D eigenvalue weighted by molar-refractivity contribution is 7.92. The zero-order chi connectivity index (χ0) is 19.4. The number of carbonyl (C=O) groups is 1. The number of amides is 1. The Kier molecular flexibility index (Phi) is 3.93. The van der Waals surface area contributed by atoms with Gasteiger partial charge in [-0.2, -0.15) is 0 Å². The number of benzene rings is 2. The molecule has 0 aromatic heterocycles. The summed E-state index contributed by atoms with van der Waals surface area (Å²) in [4.78, 5) is 11.5. The molecule has 142 valence electrons. The Morgan fingerprint density at radius 3 is 2.56 bits per heavy atom. The summed E-state index contributed by atoms with van der Waals surface area (Å²) in [6, 6.07) is 9.28. The van der Waals surface area contributed by atoms with Gasteiger partial charge in [0.15, 0.2) is 0 Å². The molecule has 0 unspecified atom stereocenters. The van der Waals surface area contributed by atoms with Crippen LogP contribution in [0.2, 0.25) is 0 Å². The zero-order valence-corrected chi connectivity index (χ0v) is 16.0. The fraction of sp³-hybridized carbons (Fsp3) is 0.235. The highest BCUT2D eigenvalue weighted by Gasteiger charge is 2.27. The summed E-state index contributed by atoms with van der Waals surface area (Å²) in [5.74, 6) is -0.165. The van der Waals surface area contributed by atoms with Gasteiger partial charge in [-0.15, -0.1) is 0 Å². The third-order valence-electron chi connectivity index (χ3n) is 4.60. The molecule has 0 saturated carbocycles. The molecule has 2 aromatic carbocycles. The molecule has 2 aliphatic heterocycles. The molecule has 2 aliphatic rings. The maximum absolute atomic E-state index is 12.7. The number of anilines is 3. The van der Waals surface area contributed by atoms with E-state index in [2.05, 4.69) is 10.0 Å². The van der Waals surface area contributed by atoms with Crippen LogP contribution in [-0.2, 0) is 37.7 Å². The highest BCUT2D eigenvalue weighted by Crippen LogP contribution is 2.33. The van der Waals surface area contributed by atoms with Crippen molar-refractivity contribution in [3.63, 3.8) is 0 Å². The summed E-state index contributed by atoms with van der Waals surface area (Å²) in [7, 11) is -7.19. The summed E-state index contributed by atoms with van der Waals surface area (Å²) in [5, 5.41) is 2.66. The van der Waals surface area contributed by atoms with Crippen LogP contribution in [-0.4, -0.2) is 35.5 Å². The average molecular weight is 407 g/mol. The lowest BCUT2D eigenvalue weighted by atomic mass is 10.1. The molecule has 8 nitrogen and oxygen atoms in total. The standard InChI is InChI=1S/C17H17N3O5S2/c1-26(22,23)20-7-6-11-8-13(2-5-16(11)20)19-27(24,25)14-3-4-15-12(9-14)10-17(21)18-15/h2-5,8-9,19H,6-7,10H2,1H3,(H,18,21). The number of carbonyl (C=O) groups excluding carboxylic acids is 1. The average Bonchev–Trinajstić information content (AvgIpc) is 3.14. The van der Waals surface area contributed by atoms with Crippen molar-refractivity contribution in [3.05, 3.63) is 47.5 Å². The van der Waals surface area contributed by atoms with Gasteiger partial charge in [-0.05, 0) is 53.9 Å². The lowest BCUT2D eigenvalue weighted by Gasteiger charge is -2.17. The molecule has 27 heavy (non-hydrogen) atoms. The second-order valence-corrected chi connectivity index (χ2v) is 10.2. The van der Waals surface area contributed by atoms with E-state index in [0.29, 0.717) is 35.6 Å². The Balaban J connectivity index is 1.61. The van der Waals surface area contributed by atoms with E-state index in [9.17, 15) is 21.6 Å². The fourth-order valence-corrected chi connectivity index (χ4v) is 5.42. The van der Waals surface area contributed by atoms with Gasteiger partial charge in [-0.1, -0.05) is 0 Å². The summed E-state index contributed by atoms with van der Waals surface area (Å²) in [5.41, 5.74) is 2.96. The molecule has 0 spiro atoms. The number of hydrogen-bond donors (Lipinski definition) is 2. The first-order valence-corrected chi connectivity index (χ1v) is 11.5. The minimum Gasteiger partial charge on any atom is -0.326 e. The molecular weight excluding hydrogens is 390 g/mol. The molecule has 4 rings (SSSR count). The lowest BCUT2D eigenvalue weighted by Crippen LogP contribution is -2.27. The van der Waals surface area contributed by atoms with E-state index in [1.54, 1.807) is 24.3 Å². The largest absolute Gasteiger partial charge is 0.326 e. The van der Waals surface area contributed by atoms with E-state index in [1.807, 2.05) is 0 Å². The molecule has 1 amide bonds. The van der Waals surface area contributed by atoms with Gasteiger partial charge in [0.2, 0.25) is 15.9 Å². The number of hydrogen-bond acceptors (Lipinski definition) is 5. The smallest absolute Gasteiger partial charge is 0.261 e. The molecule has 10 heteroatoms. The van der Waals surface area contributed by atoms with Gasteiger partial charge in [0.25, 0.3) is 10.0 Å². The van der Waals surface area contributed by atoms with Crippen molar-refractivity contribution >= 4 is 43.0 Å². The highest BCUT2D eigenvalue weighted by atomic mass is 32.2. The van der Waals surface area contributed by atoms with Gasteiger partial charge in [-0.25, -0.2) is 16.8 Å². The number of nitrogens with zero attached hydrogens (tertiary/aromatic N) is 1. The predicted molar refractivity (Wildman–Crippen MR) is 102 cm³/mol. The normalized spacial score (nSPS) is 16.0. The van der Waals surface area contributed by atoms with Gasteiger partial charge < -0.3 is 5.32 Å². The molecular formula is C17H17N3O5S2. The van der Waals surface area contributed by atoms with Crippen LogP contribution in [0.4, 0.5) is 17.1 Å². The Bertz CT molecular complexity index is 1170. The third-order valence-corrected chi connectivity index (χ3v) is 7.16. The predicted octanol–water partition coefficient (Wildman–Crippen LogP) is 1.30. The van der Waals surface area contributed by atoms with Crippen molar-refractivity contribution in [2.24, 2.45) is 0 Å². The number of rotatable bonds is 4. The summed E-state index contributed by atoms with van der Waals surface area (Å²) in [6.45, 7) is 0.343. The summed E-state index contributed by atoms with van der Waals surface area (Å²) < 4.78 is 52.8. The van der Waals surface area contributed by atoms with E-state index < -0.39 is 20.0 Å². The van der Waals surface area contributed by atoms with Gasteiger partial charge in [0, 0.05) is 17.9 Å². The van der Waals surface area contributed by atoms with Gasteiger partial charge >= 0.3 is 0 Å². The number of nitrogens with one attached hydrogen (secondary N) is 2. The molecule has 0 saturated heterocycles. The molecule has 2 heterocycles. The lowest BCUT2D eigenvalue weighted by molar-refractivity contribution is -0.115. The third kappa shape index (κ3) is 3.26. The van der Waals surface area contributed by atoms with E-state index in [0.717, 1.165) is 11.8 Å². The van der Waals surface area contributed by atoms with Crippen molar-refractivity contribution < 1.29 is 21.6 Å². The second-order valence-electron chi connectivity index (χ2n) is 6.58. The van der Waals surface area contributed by atoms with E-state index >= 15 is 0 Å². The topological polar surface area (TPSA) is 113 Å². The van der Waals surface area contributed by atoms with Crippen LogP contribution in [0.5, 0.6) is 0 Å². The van der Waals surface area contributed by atoms with Crippen molar-refractivity contribution in [1.29, 1.82) is 0 Å². The molecule has 2 N–H and O–H groups in total. The summed E-state index contributed by atoms with van der Waals surface area (Å²) >= 11 is 0. The first-order valence-electron chi connectivity index (χ1n) is 8.20.